The van der Waals surface area contributed by atoms with Crippen LogP contribution < -0.4 is 20.3 Å². The van der Waals surface area contributed by atoms with Crippen LogP contribution in [-0.2, 0) is 0 Å². The molecule has 3 aromatic rings. The molecule has 0 aliphatic carbocycles. The zero-order chi connectivity index (χ0) is 24.1. The molecule has 1 saturated heterocycles. The van der Waals surface area contributed by atoms with Gasteiger partial charge in [-0.05, 0) is 43.4 Å². The van der Waals surface area contributed by atoms with E-state index in [1.165, 1.54) is 13.3 Å². The number of aromatic nitrogens is 2. The van der Waals surface area contributed by atoms with Gasteiger partial charge in [0.15, 0.2) is 0 Å². The largest absolute Gasteiger partial charge is 0.495 e. The van der Waals surface area contributed by atoms with Gasteiger partial charge in [0.25, 0.3) is 0 Å². The smallest absolute Gasteiger partial charge is 0.322 e. The molecule has 1 fully saturated rings. The number of amides is 1. The van der Waals surface area contributed by atoms with Crippen molar-refractivity contribution in [1.82, 2.24) is 14.9 Å². The molecule has 2 N–H and O–H groups in total. The molecule has 2 heterocycles. The predicted molar refractivity (Wildman–Crippen MR) is 133 cm³/mol. The van der Waals surface area contributed by atoms with Crippen molar-refractivity contribution < 1.29 is 9.53 Å². The maximum absolute atomic E-state index is 12.0. The SMILES string of the molecule is COc1cc(Nc2nc(Nc3ccc(N4CCN(C)CC4)cc3)ncc2C(=O)N=O)ccc1Cl. The Morgan fingerprint density at radius 2 is 1.76 bits per heavy atom. The highest BCUT2D eigenvalue weighted by Crippen LogP contribution is 2.30. The average Bonchev–Trinajstić information content (AvgIpc) is 2.86. The molecule has 1 aliphatic rings. The number of nitrogens with zero attached hydrogens (tertiary/aromatic N) is 5. The normalized spacial score (nSPS) is 13.9. The number of hydrogen-bond acceptors (Lipinski definition) is 9. The molecule has 4 rings (SSSR count). The molecule has 1 aliphatic heterocycles. The Bertz CT molecular complexity index is 1180. The highest BCUT2D eigenvalue weighted by molar-refractivity contribution is 6.32. The lowest BCUT2D eigenvalue weighted by atomic mass is 10.2. The maximum Gasteiger partial charge on any atom is 0.322 e. The Labute approximate surface area is 201 Å². The highest BCUT2D eigenvalue weighted by atomic mass is 35.5. The van der Waals surface area contributed by atoms with Gasteiger partial charge in [0.2, 0.25) is 5.95 Å². The zero-order valence-corrected chi connectivity index (χ0v) is 19.5. The Morgan fingerprint density at radius 3 is 2.44 bits per heavy atom. The number of nitroso groups, excluding NO2 is 1. The first kappa shape index (κ1) is 23.4. The number of likely N-dealkylation sites (N-methyl/N-ethyl adjacent to an activating group) is 1. The van der Waals surface area contributed by atoms with Crippen LogP contribution in [0.15, 0.2) is 53.8 Å². The second kappa shape index (κ2) is 10.4. The van der Waals surface area contributed by atoms with Crippen LogP contribution in [0.1, 0.15) is 10.4 Å². The second-order valence-electron chi connectivity index (χ2n) is 7.79. The summed E-state index contributed by atoms with van der Waals surface area (Å²) < 4.78 is 5.23. The van der Waals surface area contributed by atoms with Gasteiger partial charge >= 0.3 is 5.91 Å². The summed E-state index contributed by atoms with van der Waals surface area (Å²) in [5, 5.41) is 9.07. The van der Waals surface area contributed by atoms with Crippen LogP contribution in [-0.4, -0.2) is 61.1 Å². The fourth-order valence-corrected chi connectivity index (χ4v) is 3.76. The first-order chi connectivity index (χ1) is 16.5. The van der Waals surface area contributed by atoms with Crippen molar-refractivity contribution in [2.45, 2.75) is 0 Å². The van der Waals surface area contributed by atoms with Crippen LogP contribution in [0.2, 0.25) is 5.02 Å². The third kappa shape index (κ3) is 5.41. The highest BCUT2D eigenvalue weighted by Gasteiger charge is 2.17. The number of carbonyl (C=O) groups is 1. The Kier molecular flexibility index (Phi) is 7.19. The molecule has 176 valence electrons. The summed E-state index contributed by atoms with van der Waals surface area (Å²) >= 11 is 6.08. The average molecular weight is 482 g/mol. The number of ether oxygens (including phenoxy) is 1. The molecular weight excluding hydrogens is 458 g/mol. The minimum absolute atomic E-state index is 0.0557. The van der Waals surface area contributed by atoms with Crippen LogP contribution in [0.25, 0.3) is 0 Å². The van der Waals surface area contributed by atoms with Crippen LogP contribution in [0, 0.1) is 4.91 Å². The van der Waals surface area contributed by atoms with Crippen molar-refractivity contribution in [1.29, 1.82) is 0 Å². The summed E-state index contributed by atoms with van der Waals surface area (Å²) in [5.41, 5.74) is 2.43. The molecular formula is C23H24ClN7O3. The van der Waals surface area contributed by atoms with Gasteiger partial charge in [-0.1, -0.05) is 11.6 Å². The molecule has 1 aromatic heterocycles. The van der Waals surface area contributed by atoms with E-state index in [0.717, 1.165) is 37.6 Å². The molecule has 0 radical (unpaired) electrons. The fraction of sp³-hybridized carbons (Fsp3) is 0.261. The van der Waals surface area contributed by atoms with Gasteiger partial charge in [0, 0.05) is 60.7 Å². The van der Waals surface area contributed by atoms with E-state index in [-0.39, 0.29) is 17.3 Å². The van der Waals surface area contributed by atoms with Crippen LogP contribution in [0.4, 0.5) is 28.8 Å². The van der Waals surface area contributed by atoms with Crippen LogP contribution >= 0.6 is 11.6 Å². The first-order valence-electron chi connectivity index (χ1n) is 10.6. The van der Waals surface area contributed by atoms with Crippen molar-refractivity contribution >= 4 is 46.3 Å². The molecule has 2 aromatic carbocycles. The first-order valence-corrected chi connectivity index (χ1v) is 11.0. The van der Waals surface area contributed by atoms with Gasteiger partial charge in [0.1, 0.15) is 17.1 Å². The summed E-state index contributed by atoms with van der Waals surface area (Å²) in [5.74, 6) is -0.161. The van der Waals surface area contributed by atoms with E-state index in [2.05, 4.69) is 42.6 Å². The van der Waals surface area contributed by atoms with E-state index in [9.17, 15) is 9.70 Å². The van der Waals surface area contributed by atoms with Crippen LogP contribution in [0.5, 0.6) is 5.75 Å². The third-order valence-electron chi connectivity index (χ3n) is 5.51. The molecule has 0 spiro atoms. The van der Waals surface area contributed by atoms with E-state index in [1.54, 1.807) is 18.2 Å². The van der Waals surface area contributed by atoms with E-state index in [4.69, 9.17) is 16.3 Å². The minimum Gasteiger partial charge on any atom is -0.495 e. The van der Waals surface area contributed by atoms with Crippen molar-refractivity contribution in [2.24, 2.45) is 5.18 Å². The van der Waals surface area contributed by atoms with E-state index in [1.807, 2.05) is 24.3 Å². The summed E-state index contributed by atoms with van der Waals surface area (Å²) in [7, 11) is 3.62. The Morgan fingerprint density at radius 1 is 1.06 bits per heavy atom. The lowest BCUT2D eigenvalue weighted by Crippen LogP contribution is -2.44. The molecule has 0 atom stereocenters. The fourth-order valence-electron chi connectivity index (χ4n) is 3.57. The zero-order valence-electron chi connectivity index (χ0n) is 18.8. The van der Waals surface area contributed by atoms with Crippen molar-refractivity contribution in [3.8, 4) is 5.75 Å². The number of hydrogen-bond donors (Lipinski definition) is 2. The van der Waals surface area contributed by atoms with Gasteiger partial charge in [-0.25, -0.2) is 4.98 Å². The van der Waals surface area contributed by atoms with Gasteiger partial charge in [-0.15, -0.1) is 4.91 Å². The molecule has 34 heavy (non-hydrogen) atoms. The van der Waals surface area contributed by atoms with Crippen molar-refractivity contribution in [2.75, 3.05) is 55.9 Å². The molecule has 11 heteroatoms. The number of carbonyl (C=O) groups excluding carboxylic acids is 1. The quantitative estimate of drug-likeness (QED) is 0.477. The number of rotatable bonds is 7. The van der Waals surface area contributed by atoms with E-state index < -0.39 is 5.91 Å². The number of methoxy groups -OCH3 is 1. The van der Waals surface area contributed by atoms with Crippen molar-refractivity contribution in [3.05, 3.63) is 64.2 Å². The van der Waals surface area contributed by atoms with Gasteiger partial charge in [-0.2, -0.15) is 4.98 Å². The number of piperazine rings is 1. The lowest BCUT2D eigenvalue weighted by Gasteiger charge is -2.34. The molecule has 1 amide bonds. The van der Waals surface area contributed by atoms with E-state index >= 15 is 0 Å². The van der Waals surface area contributed by atoms with Crippen LogP contribution in [0.3, 0.4) is 0 Å². The summed E-state index contributed by atoms with van der Waals surface area (Å²) in [6.45, 7) is 4.03. The maximum atomic E-state index is 12.0. The van der Waals surface area contributed by atoms with Gasteiger partial charge in [0.05, 0.1) is 12.1 Å². The molecule has 0 saturated carbocycles. The molecule has 0 unspecified atom stereocenters. The second-order valence-corrected chi connectivity index (χ2v) is 8.20. The summed E-state index contributed by atoms with van der Waals surface area (Å²) in [6.07, 6.45) is 1.26. The topological polar surface area (TPSA) is 112 Å². The number of anilines is 5. The van der Waals surface area contributed by atoms with Crippen molar-refractivity contribution in [3.63, 3.8) is 0 Å². The Hall–Kier alpha value is -3.76. The number of nitrogens with one attached hydrogen (secondary N) is 2. The predicted octanol–water partition coefficient (Wildman–Crippen LogP) is 4.28. The third-order valence-corrected chi connectivity index (χ3v) is 5.82. The molecule has 10 nitrogen and oxygen atoms in total. The monoisotopic (exact) mass is 481 g/mol. The molecule has 0 bridgehead atoms. The standard InChI is InChI=1S/C23H24ClN7O3/c1-30-9-11-31(12-10-30)17-6-3-15(4-7-17)27-23-25-14-18(22(32)29-33)21(28-23)26-16-5-8-19(24)20(13-16)34-2/h3-8,13-14H,9-12H2,1-2H3,(H2,25,26,27,28). The summed E-state index contributed by atoms with van der Waals surface area (Å²) in [4.78, 5) is 36.1. The van der Waals surface area contributed by atoms with Gasteiger partial charge in [-0.3, -0.25) is 4.79 Å². The van der Waals surface area contributed by atoms with E-state index in [0.29, 0.717) is 16.5 Å². The van der Waals surface area contributed by atoms with Gasteiger partial charge < -0.3 is 25.2 Å². The number of benzene rings is 2. The minimum atomic E-state index is -0.980. The Balaban J connectivity index is 1.54. The summed E-state index contributed by atoms with van der Waals surface area (Å²) in [6, 6.07) is 13.0. The number of halogens is 1. The lowest BCUT2D eigenvalue weighted by molar-refractivity contribution is 0.100.